The van der Waals surface area contributed by atoms with Crippen LogP contribution < -0.4 is 68.2 Å². The lowest BCUT2D eigenvalue weighted by Gasteiger charge is -2.27. The number of aromatic nitrogens is 16. The van der Waals surface area contributed by atoms with Gasteiger partial charge >= 0.3 is 0 Å². The number of likely N-dealkylation sites (tertiary alicyclic amines) is 2. The summed E-state index contributed by atoms with van der Waals surface area (Å²) in [4.78, 5) is 52.0. The van der Waals surface area contributed by atoms with Crippen LogP contribution >= 0.6 is 0 Å². The number of benzene rings is 8. The highest BCUT2D eigenvalue weighted by atomic mass is 32.2. The lowest BCUT2D eigenvalue weighted by atomic mass is 10.1. The molecule has 37 heteroatoms. The summed E-state index contributed by atoms with van der Waals surface area (Å²) >= 11 is 0. The Bertz CT molecular complexity index is 7060. The molecular formula is C111H143N25O11S. The monoisotopic (exact) mass is 2030 g/mol. The lowest BCUT2D eigenvalue weighted by molar-refractivity contribution is 0.176. The van der Waals surface area contributed by atoms with Crippen LogP contribution in [0.2, 0.25) is 0 Å². The third-order valence-electron chi connectivity index (χ3n) is 25.8. The smallest absolute Gasteiger partial charge is 0.149 e. The molecule has 20 rings (SSSR count). The van der Waals surface area contributed by atoms with Crippen LogP contribution in [0.4, 0.5) is 45.5 Å². The number of hydrazine groups is 1. The third kappa shape index (κ3) is 29.0. The van der Waals surface area contributed by atoms with Gasteiger partial charge in [-0.2, -0.15) is 20.4 Å². The first-order valence-corrected chi connectivity index (χ1v) is 50.8. The molecule has 4 aliphatic rings. The minimum absolute atomic E-state index is 0. The number of anilines is 8. The van der Waals surface area contributed by atoms with E-state index < -0.39 is 9.84 Å². The largest absolute Gasteiger partial charge is 0.497 e. The summed E-state index contributed by atoms with van der Waals surface area (Å²) in [6.07, 6.45) is 33.2. The molecule has 1 unspecified atom stereocenters. The Morgan fingerprint density at radius 3 is 0.980 bits per heavy atom. The highest BCUT2D eigenvalue weighted by Gasteiger charge is 2.27. The number of aliphatic hydroxyl groups excluding tert-OH is 1. The van der Waals surface area contributed by atoms with Crippen LogP contribution in [0.3, 0.4) is 0 Å². The Kier molecular flexibility index (Phi) is 38.9. The van der Waals surface area contributed by atoms with E-state index in [4.69, 9.17) is 57.8 Å². The van der Waals surface area contributed by atoms with Crippen molar-refractivity contribution < 1.29 is 51.4 Å². The molecule has 1 saturated carbocycles. The third-order valence-corrected chi connectivity index (χ3v) is 26.8. The maximum absolute atomic E-state index is 11.5. The van der Waals surface area contributed by atoms with Gasteiger partial charge in [0.05, 0.1) is 192 Å². The maximum atomic E-state index is 11.5. The van der Waals surface area contributed by atoms with Gasteiger partial charge in [0.25, 0.3) is 0 Å². The number of hydrogen-bond acceptors (Lipinski definition) is 32. The summed E-state index contributed by atoms with van der Waals surface area (Å²) < 4.78 is 74.3. The molecule has 8 aromatic carbocycles. The highest BCUT2D eigenvalue weighted by Crippen LogP contribution is 2.41. The molecule has 0 bridgehead atoms. The number of aryl methyl sites for hydroxylation is 4. The van der Waals surface area contributed by atoms with Gasteiger partial charge in [0.1, 0.15) is 55.8 Å². The number of sulfone groups is 1. The molecule has 1 atom stereocenters. The first-order valence-electron chi connectivity index (χ1n) is 48.7. The van der Waals surface area contributed by atoms with Gasteiger partial charge in [0, 0.05) is 264 Å². The summed E-state index contributed by atoms with van der Waals surface area (Å²) in [6.45, 7) is 13.3. The molecular weight excluding hydrogens is 1890 g/mol. The zero-order valence-corrected chi connectivity index (χ0v) is 84.7. The predicted octanol–water partition coefficient (Wildman–Crippen LogP) is 18.1. The van der Waals surface area contributed by atoms with Crippen LogP contribution in [0.5, 0.6) is 46.0 Å². The fourth-order valence-electron chi connectivity index (χ4n) is 18.0. The first-order chi connectivity index (χ1) is 70.1. The number of β-amino-alcohol motifs (C(OH)–C–C–N with tert-alkyl or cyclic N) is 1. The second-order valence-electron chi connectivity index (χ2n) is 36.3. The van der Waals surface area contributed by atoms with Crippen molar-refractivity contribution in [2.45, 2.75) is 106 Å². The van der Waals surface area contributed by atoms with Crippen molar-refractivity contribution in [3.8, 4) is 91.0 Å². The highest BCUT2D eigenvalue weighted by molar-refractivity contribution is 7.90. The van der Waals surface area contributed by atoms with Gasteiger partial charge in [0.2, 0.25) is 0 Å². The standard InChI is InChI=1S/C29H36N6O4S.C27H32N6O3.C26H31N7O2.C25H28N6O2.4CH4/c1-38-25-15-24(16-26(18-25)39-2)35(12-6-11-33-9-4-5-10-33)23-7-8-27-28(17-23)32-29(20-30-27)22-19-31-34(21-22)13-14-40(3,36)37;1-31-17-19(15-29-31)27-16-28-25-6-5-20(13-26(25)30-27)33(9-4-8-32-10-7-22(34)18-32)21-11-23(35-2)14-24(12-21)36-3;1-31-18-19(16-29-31)26-17-27-24-7-6-20(14-25(24)30-26)33(11-8-28-32-9-4-5-10-32)21-12-22(34-2)15-23(13-21)35-3;1-30-16-17(14-28-30)25-15-27-23-7-6-19(12-24(23)29-25)31(9-8-26-18-4-5-18)20-10-21(32-2)13-22(11-20)33-3;;;;/h7-8,15-21H,4-6,9-14H2,1-3H3;5-6,11-17,22,34H,4,7-10,18H2,1-3H3;6-7,12-18,28H,4-5,8-11H2,1-3H3;6-7,10-16,18,26H,4-5,8-9H2,1-3H3;4*1H4. The van der Waals surface area contributed by atoms with Gasteiger partial charge in [-0.25, -0.2) is 33.4 Å². The van der Waals surface area contributed by atoms with Crippen molar-refractivity contribution in [1.82, 2.24) is 105 Å². The normalized spacial score (nSPS) is 13.9. The number of nitrogens with zero attached hydrogens (tertiary/aromatic N) is 23. The molecule has 1 aliphatic carbocycles. The number of hydrogen-bond donors (Lipinski definition) is 3. The lowest BCUT2D eigenvalue weighted by Crippen LogP contribution is -2.40. The van der Waals surface area contributed by atoms with Crippen molar-refractivity contribution in [2.75, 3.05) is 180 Å². The molecule has 36 nitrogen and oxygen atoms in total. The Balaban J connectivity index is 0.000000164. The van der Waals surface area contributed by atoms with Crippen LogP contribution in [-0.2, 0) is 37.5 Å². The van der Waals surface area contributed by atoms with E-state index in [0.717, 1.165) is 273 Å². The topological polar surface area (TPSA) is 349 Å². The summed E-state index contributed by atoms with van der Waals surface area (Å²) in [5.41, 5.74) is 24.8. The van der Waals surface area contributed by atoms with Gasteiger partial charge in [-0.15, -0.1) is 0 Å². The first kappa shape index (κ1) is 110. The van der Waals surface area contributed by atoms with E-state index in [1.165, 1.54) is 57.9 Å². The van der Waals surface area contributed by atoms with Gasteiger partial charge in [-0.3, -0.25) is 44.1 Å². The Labute approximate surface area is 868 Å². The molecule has 784 valence electrons. The van der Waals surface area contributed by atoms with E-state index in [1.807, 2.05) is 137 Å². The second kappa shape index (κ2) is 52.0. The van der Waals surface area contributed by atoms with Crippen molar-refractivity contribution in [3.63, 3.8) is 0 Å². The number of rotatable bonds is 39. The summed E-state index contributed by atoms with van der Waals surface area (Å²) in [5, 5.41) is 32.9. The molecule has 16 aromatic rings. The molecule has 3 aliphatic heterocycles. The minimum atomic E-state index is -3.08. The fourth-order valence-corrected chi connectivity index (χ4v) is 18.5. The Morgan fingerprint density at radius 2 is 0.669 bits per heavy atom. The van der Waals surface area contributed by atoms with E-state index in [2.05, 4.69) is 134 Å². The van der Waals surface area contributed by atoms with Crippen LogP contribution in [0.25, 0.3) is 89.2 Å². The number of fused-ring (bicyclic) bond motifs is 4. The van der Waals surface area contributed by atoms with Crippen LogP contribution in [0, 0.1) is 0 Å². The zero-order chi connectivity index (χ0) is 100. The minimum Gasteiger partial charge on any atom is -0.497 e. The quantitative estimate of drug-likeness (QED) is 0.0322. The molecule has 0 amide bonds. The molecule has 11 heterocycles. The number of ether oxygens (including phenoxy) is 8. The van der Waals surface area contributed by atoms with E-state index in [1.54, 1.807) is 131 Å². The van der Waals surface area contributed by atoms with Crippen molar-refractivity contribution in [1.29, 1.82) is 0 Å². The summed E-state index contributed by atoms with van der Waals surface area (Å²) in [6, 6.07) is 49.0. The molecule has 148 heavy (non-hydrogen) atoms. The summed E-state index contributed by atoms with van der Waals surface area (Å²) in [7, 11) is 15.9. The average Bonchev–Trinajstić information content (AvgIpc) is 1.20. The molecule has 8 aromatic heterocycles. The van der Waals surface area contributed by atoms with E-state index in [9.17, 15) is 13.5 Å². The number of nitrogens with one attached hydrogen (secondary N) is 2. The van der Waals surface area contributed by atoms with Crippen LogP contribution in [0.1, 0.15) is 87.5 Å². The molecule has 3 N–H and O–H groups in total. The van der Waals surface area contributed by atoms with Gasteiger partial charge in [0.15, 0.2) is 0 Å². The average molecular weight is 2040 g/mol. The fraction of sp³-hybridized carbons (Fsp3) is 0.387. The zero-order valence-electron chi connectivity index (χ0n) is 83.8. The molecule has 3 saturated heterocycles. The predicted molar refractivity (Wildman–Crippen MR) is 591 cm³/mol. The van der Waals surface area contributed by atoms with Gasteiger partial charge in [-0.1, -0.05) is 29.7 Å². The van der Waals surface area contributed by atoms with Crippen molar-refractivity contribution in [2.24, 2.45) is 21.1 Å². The van der Waals surface area contributed by atoms with Crippen LogP contribution in [0.15, 0.2) is 220 Å². The second-order valence-corrected chi connectivity index (χ2v) is 38.5. The molecule has 0 radical (unpaired) electrons. The van der Waals surface area contributed by atoms with E-state index in [0.29, 0.717) is 18.3 Å². The molecule has 4 fully saturated rings. The van der Waals surface area contributed by atoms with Crippen molar-refractivity contribution in [3.05, 3.63) is 220 Å². The molecule has 0 spiro atoms. The van der Waals surface area contributed by atoms with Gasteiger partial charge < -0.3 is 77.7 Å². The Morgan fingerprint density at radius 1 is 0.351 bits per heavy atom. The van der Waals surface area contributed by atoms with E-state index >= 15 is 0 Å². The Hall–Kier alpha value is -14.7. The maximum Gasteiger partial charge on any atom is 0.149 e. The van der Waals surface area contributed by atoms with Crippen molar-refractivity contribution >= 4 is 99.5 Å². The number of methoxy groups -OCH3 is 8. The van der Waals surface area contributed by atoms with E-state index in [-0.39, 0.29) is 41.6 Å². The SMILES string of the molecule is C.C.C.C.COc1cc(OC)cc(N(CCCN2CCC(O)C2)c2ccc3ncc(-c4cnn(C)c4)nc3c2)c1.COc1cc(OC)cc(N(CCCN2CCCC2)c2ccc3ncc(-c4cnn(CCS(C)(=O)=O)c4)nc3c2)c1.COc1cc(OC)cc(N(CCNC2CC2)c2ccc3ncc(-c4cnn(C)c4)nc3c2)c1.COc1cc(OC)cc(N(CCNN2CCCC2)c2ccc3ncc(-c4cnn(C)c4)nc3c2)c1. The summed E-state index contributed by atoms with van der Waals surface area (Å²) in [5.74, 6) is 5.96. The van der Waals surface area contributed by atoms with Gasteiger partial charge in [-0.05, 0) is 157 Å². The number of aliphatic hydroxyl groups is 1. The van der Waals surface area contributed by atoms with Crippen LogP contribution in [-0.4, -0.2) is 280 Å².